The van der Waals surface area contributed by atoms with E-state index in [1.807, 2.05) is 0 Å². The van der Waals surface area contributed by atoms with Crippen molar-refractivity contribution in [2.75, 3.05) is 9.71 Å². The van der Waals surface area contributed by atoms with Crippen LogP contribution in [0.2, 0.25) is 0 Å². The summed E-state index contributed by atoms with van der Waals surface area (Å²) < 4.78 is 7.13. The molecule has 10 aromatic rings. The van der Waals surface area contributed by atoms with Crippen molar-refractivity contribution in [2.45, 2.75) is 19.3 Å². The van der Waals surface area contributed by atoms with Gasteiger partial charge in [-0.3, -0.25) is 0 Å². The molecule has 3 aliphatic rings. The third kappa shape index (κ3) is 4.49. The number of benzene rings is 9. The van der Waals surface area contributed by atoms with Crippen molar-refractivity contribution in [1.82, 2.24) is 0 Å². The first kappa shape index (κ1) is 32.8. The molecule has 0 fully saturated rings. The molecule has 4 heteroatoms. The summed E-state index contributed by atoms with van der Waals surface area (Å²) in [5.74, 6) is 0. The average Bonchev–Trinajstić information content (AvgIpc) is 3.67. The van der Waals surface area contributed by atoms with Crippen LogP contribution in [-0.2, 0) is 5.41 Å². The Kier molecular flexibility index (Phi) is 6.59. The molecule has 0 radical (unpaired) electrons. The molecule has 9 aromatic carbocycles. The lowest BCUT2D eigenvalue weighted by molar-refractivity contribution is 0.632. The Morgan fingerprint density at radius 2 is 1.15 bits per heavy atom. The molecule has 3 nitrogen and oxygen atoms in total. The quantitative estimate of drug-likeness (QED) is 0.168. The Labute approximate surface area is 343 Å². The molecular formula is C55H37BN2O. The summed E-state index contributed by atoms with van der Waals surface area (Å²) >= 11 is 0. The molecule has 0 saturated heterocycles. The van der Waals surface area contributed by atoms with Crippen LogP contribution in [0.4, 0.5) is 28.4 Å². The van der Waals surface area contributed by atoms with Crippen LogP contribution in [0.25, 0.3) is 66.1 Å². The van der Waals surface area contributed by atoms with Gasteiger partial charge in [0.2, 0.25) is 0 Å². The lowest BCUT2D eigenvalue weighted by Crippen LogP contribution is -2.62. The molecule has 4 heterocycles. The zero-order valence-electron chi connectivity index (χ0n) is 32.8. The topological polar surface area (TPSA) is 19.6 Å². The van der Waals surface area contributed by atoms with Gasteiger partial charge in [-0.1, -0.05) is 153 Å². The van der Waals surface area contributed by atoms with Crippen molar-refractivity contribution in [3.8, 4) is 33.4 Å². The summed E-state index contributed by atoms with van der Waals surface area (Å²) in [7, 11) is 0. The summed E-state index contributed by atoms with van der Waals surface area (Å²) in [6.07, 6.45) is 0. The molecule has 0 amide bonds. The fourth-order valence-corrected chi connectivity index (χ4v) is 10.6. The third-order valence-electron chi connectivity index (χ3n) is 13.4. The van der Waals surface area contributed by atoms with E-state index in [0.717, 1.165) is 33.3 Å². The lowest BCUT2D eigenvalue weighted by atomic mass is 9.42. The Morgan fingerprint density at radius 3 is 1.95 bits per heavy atom. The van der Waals surface area contributed by atoms with Crippen molar-refractivity contribution in [2.24, 2.45) is 0 Å². The van der Waals surface area contributed by atoms with Gasteiger partial charge in [0.15, 0.2) is 5.58 Å². The van der Waals surface area contributed by atoms with Gasteiger partial charge in [-0.15, -0.1) is 0 Å². The second-order valence-electron chi connectivity index (χ2n) is 16.9. The van der Waals surface area contributed by atoms with Gasteiger partial charge in [-0.2, -0.15) is 0 Å². The molecule has 0 saturated carbocycles. The monoisotopic (exact) mass is 752 g/mol. The molecular weight excluding hydrogens is 715 g/mol. The molecule has 276 valence electrons. The number of fused-ring (bicyclic) bond motifs is 11. The molecule has 0 spiro atoms. The number of para-hydroxylation sites is 2. The fourth-order valence-electron chi connectivity index (χ4n) is 10.6. The van der Waals surface area contributed by atoms with Crippen molar-refractivity contribution < 1.29 is 4.42 Å². The number of anilines is 5. The molecule has 59 heavy (non-hydrogen) atoms. The zero-order chi connectivity index (χ0) is 39.0. The van der Waals surface area contributed by atoms with E-state index in [4.69, 9.17) is 4.42 Å². The predicted molar refractivity (Wildman–Crippen MR) is 248 cm³/mol. The minimum absolute atomic E-state index is 0.136. The minimum Gasteiger partial charge on any atom is -0.454 e. The Hall–Kier alpha value is -7.30. The molecule has 0 bridgehead atoms. The van der Waals surface area contributed by atoms with Crippen LogP contribution in [0.15, 0.2) is 192 Å². The van der Waals surface area contributed by atoms with Gasteiger partial charge < -0.3 is 14.1 Å². The molecule has 13 rings (SSSR count). The molecule has 0 unspecified atom stereocenters. The number of nitrogens with zero attached hydrogens (tertiary/aromatic N) is 2. The fraction of sp³-hybridized carbons (Fsp3) is 0.0545. The number of furan rings is 1. The minimum atomic E-state index is -0.265. The van der Waals surface area contributed by atoms with E-state index in [2.05, 4.69) is 212 Å². The van der Waals surface area contributed by atoms with Crippen molar-refractivity contribution in [3.05, 3.63) is 199 Å². The van der Waals surface area contributed by atoms with Crippen LogP contribution >= 0.6 is 0 Å². The first-order chi connectivity index (χ1) is 29.0. The molecule has 1 aromatic heterocycles. The van der Waals surface area contributed by atoms with E-state index < -0.39 is 0 Å². The highest BCUT2D eigenvalue weighted by Crippen LogP contribution is 2.57. The van der Waals surface area contributed by atoms with Crippen LogP contribution in [0, 0.1) is 0 Å². The van der Waals surface area contributed by atoms with Crippen LogP contribution in [0.1, 0.15) is 25.0 Å². The van der Waals surface area contributed by atoms with Gasteiger partial charge in [0.1, 0.15) is 5.58 Å². The van der Waals surface area contributed by atoms with Crippen molar-refractivity contribution in [1.29, 1.82) is 0 Å². The lowest BCUT2D eigenvalue weighted by Gasteiger charge is -2.50. The van der Waals surface area contributed by atoms with Crippen LogP contribution < -0.4 is 20.6 Å². The molecule has 0 N–H and O–H groups in total. The summed E-state index contributed by atoms with van der Waals surface area (Å²) in [6.45, 7) is 4.67. The van der Waals surface area contributed by atoms with Gasteiger partial charge in [0.05, 0.1) is 11.4 Å². The zero-order valence-corrected chi connectivity index (χ0v) is 32.8. The van der Waals surface area contributed by atoms with Crippen LogP contribution in [-0.4, -0.2) is 6.85 Å². The van der Waals surface area contributed by atoms with Gasteiger partial charge >= 0.3 is 6.85 Å². The highest BCUT2D eigenvalue weighted by Gasteiger charge is 2.50. The van der Waals surface area contributed by atoms with E-state index in [0.29, 0.717) is 0 Å². The standard InChI is InChI=1S/C55H37BN2O/c1-55(2)45-24-14-25-47-52(45)57(49-32-38-20-10-9-19-37(38)31-46(49)55)53-51-43(33-44-41-23-11-12-26-50(41)59-54(44)53)42-30-39(35-17-7-4-8-18-35)27-28-48(42)58(56(47)51)40-22-13-21-36(29-40)34-15-5-3-6-16-34/h3-33H,1-2H3. The molecule has 3 aliphatic heterocycles. The van der Waals surface area contributed by atoms with E-state index in [9.17, 15) is 0 Å². The van der Waals surface area contributed by atoms with Gasteiger partial charge in [0.25, 0.3) is 0 Å². The van der Waals surface area contributed by atoms with E-state index >= 15 is 0 Å². The second kappa shape index (κ2) is 11.9. The van der Waals surface area contributed by atoms with Gasteiger partial charge in [-0.25, -0.2) is 0 Å². The Morgan fingerprint density at radius 1 is 0.475 bits per heavy atom. The van der Waals surface area contributed by atoms with Crippen molar-refractivity contribution >= 4 is 78.9 Å². The average molecular weight is 753 g/mol. The number of rotatable bonds is 3. The molecule has 0 aliphatic carbocycles. The van der Waals surface area contributed by atoms with Gasteiger partial charge in [0, 0.05) is 38.8 Å². The first-order valence-corrected chi connectivity index (χ1v) is 20.6. The summed E-state index contributed by atoms with van der Waals surface area (Å²) in [5, 5.41) is 4.75. The van der Waals surface area contributed by atoms with Crippen molar-refractivity contribution in [3.63, 3.8) is 0 Å². The largest absolute Gasteiger partial charge is 0.454 e. The maximum absolute atomic E-state index is 7.13. The number of hydrogen-bond donors (Lipinski definition) is 0. The van der Waals surface area contributed by atoms with E-state index in [1.54, 1.807) is 0 Å². The predicted octanol–water partition coefficient (Wildman–Crippen LogP) is 13.4. The maximum atomic E-state index is 7.13. The summed E-state index contributed by atoms with van der Waals surface area (Å²) in [5.41, 5.74) is 20.0. The smallest absolute Gasteiger partial charge is 0.333 e. The SMILES string of the molecule is CC1(C)c2cc3ccccc3cc2N2c3c(cccc31)B1c3c(cc4c(oc5ccccc54)c32)-c2cc(-c3ccccc3)ccc2N1c1cccc(-c2ccccc2)c1. The normalized spacial score (nSPS) is 14.3. The summed E-state index contributed by atoms with van der Waals surface area (Å²) in [6, 6.07) is 69.4. The highest BCUT2D eigenvalue weighted by atomic mass is 16.3. The maximum Gasteiger partial charge on any atom is 0.333 e. The molecule has 0 atom stereocenters. The van der Waals surface area contributed by atoms with E-state index in [-0.39, 0.29) is 12.3 Å². The van der Waals surface area contributed by atoms with Crippen LogP contribution in [0.5, 0.6) is 0 Å². The van der Waals surface area contributed by atoms with E-state index in [1.165, 1.54) is 83.3 Å². The third-order valence-corrected chi connectivity index (χ3v) is 13.4. The highest BCUT2D eigenvalue weighted by molar-refractivity contribution is 6.94. The van der Waals surface area contributed by atoms with Crippen LogP contribution in [0.3, 0.4) is 0 Å². The summed E-state index contributed by atoms with van der Waals surface area (Å²) in [4.78, 5) is 5.20. The second-order valence-corrected chi connectivity index (χ2v) is 16.9. The van der Waals surface area contributed by atoms with Gasteiger partial charge in [-0.05, 0) is 109 Å². The number of hydrogen-bond acceptors (Lipinski definition) is 3. The Bertz CT molecular complexity index is 3380. The first-order valence-electron chi connectivity index (χ1n) is 20.6. The Balaban J connectivity index is 1.20.